The van der Waals surface area contributed by atoms with Crippen LogP contribution in [0.25, 0.3) is 0 Å². The van der Waals surface area contributed by atoms with Crippen molar-refractivity contribution in [2.24, 2.45) is 0 Å². The third kappa shape index (κ3) is 2.03. The van der Waals surface area contributed by atoms with Gasteiger partial charge in [-0.25, -0.2) is 8.78 Å². The zero-order valence-corrected chi connectivity index (χ0v) is 9.90. The molecule has 3 aromatic heterocycles. The summed E-state index contributed by atoms with van der Waals surface area (Å²) in [7, 11) is 0. The van der Waals surface area contributed by atoms with Gasteiger partial charge in [0, 0.05) is 29.3 Å². The van der Waals surface area contributed by atoms with E-state index in [4.69, 9.17) is 0 Å². The SMILES string of the molecule is Fc1cncc(F)c1C(c1ccc[nH]1)c1ccc[nH]1. The second-order valence-corrected chi connectivity index (χ2v) is 4.20. The number of aromatic nitrogens is 3. The Morgan fingerprint density at radius 1 is 0.895 bits per heavy atom. The van der Waals surface area contributed by atoms with Gasteiger partial charge in [0.1, 0.15) is 11.6 Å². The van der Waals surface area contributed by atoms with E-state index in [9.17, 15) is 8.78 Å². The van der Waals surface area contributed by atoms with Crippen molar-refractivity contribution in [2.45, 2.75) is 5.92 Å². The van der Waals surface area contributed by atoms with Crippen molar-refractivity contribution in [3.63, 3.8) is 0 Å². The molecule has 3 heterocycles. The fraction of sp³-hybridized carbons (Fsp3) is 0.0714. The number of H-pyrrole nitrogens is 2. The minimum absolute atomic E-state index is 0.0140. The minimum atomic E-state index is -0.658. The molecule has 0 atom stereocenters. The first kappa shape index (κ1) is 11.6. The van der Waals surface area contributed by atoms with Gasteiger partial charge in [-0.05, 0) is 24.3 Å². The fourth-order valence-corrected chi connectivity index (χ4v) is 2.22. The molecule has 0 saturated heterocycles. The molecule has 0 bridgehead atoms. The molecular formula is C14H11F2N3. The van der Waals surface area contributed by atoms with Gasteiger partial charge < -0.3 is 9.97 Å². The zero-order valence-electron chi connectivity index (χ0n) is 9.90. The fourth-order valence-electron chi connectivity index (χ4n) is 2.22. The predicted octanol–water partition coefficient (Wildman–Crippen LogP) is 3.20. The summed E-state index contributed by atoms with van der Waals surface area (Å²) in [5, 5.41) is 0. The zero-order chi connectivity index (χ0) is 13.2. The molecule has 0 spiro atoms. The van der Waals surface area contributed by atoms with Gasteiger partial charge in [0.15, 0.2) is 0 Å². The maximum Gasteiger partial charge on any atom is 0.148 e. The Balaban J connectivity index is 2.21. The Labute approximate surface area is 108 Å². The Bertz CT molecular complexity index is 606. The lowest BCUT2D eigenvalue weighted by Crippen LogP contribution is -2.09. The van der Waals surface area contributed by atoms with E-state index in [1.807, 2.05) is 0 Å². The van der Waals surface area contributed by atoms with E-state index in [1.54, 1.807) is 36.7 Å². The number of nitrogens with zero attached hydrogens (tertiary/aromatic N) is 1. The Morgan fingerprint density at radius 3 is 1.84 bits per heavy atom. The molecule has 5 heteroatoms. The van der Waals surface area contributed by atoms with Crippen molar-refractivity contribution in [3.05, 3.63) is 77.6 Å². The van der Waals surface area contributed by atoms with Crippen molar-refractivity contribution in [2.75, 3.05) is 0 Å². The van der Waals surface area contributed by atoms with Crippen LogP contribution in [0.1, 0.15) is 22.9 Å². The van der Waals surface area contributed by atoms with Crippen molar-refractivity contribution in [1.29, 1.82) is 0 Å². The van der Waals surface area contributed by atoms with Gasteiger partial charge in [0.25, 0.3) is 0 Å². The molecule has 0 radical (unpaired) electrons. The number of rotatable bonds is 3. The van der Waals surface area contributed by atoms with Crippen molar-refractivity contribution >= 4 is 0 Å². The molecule has 96 valence electrons. The third-order valence-electron chi connectivity index (χ3n) is 3.05. The number of hydrogen-bond donors (Lipinski definition) is 2. The van der Waals surface area contributed by atoms with Crippen LogP contribution in [0.3, 0.4) is 0 Å². The molecule has 0 amide bonds. The topological polar surface area (TPSA) is 44.5 Å². The quantitative estimate of drug-likeness (QED) is 0.745. The van der Waals surface area contributed by atoms with Gasteiger partial charge in [-0.1, -0.05) is 0 Å². The highest BCUT2D eigenvalue weighted by Crippen LogP contribution is 2.32. The first-order valence-corrected chi connectivity index (χ1v) is 5.83. The van der Waals surface area contributed by atoms with Gasteiger partial charge in [0.05, 0.1) is 18.3 Å². The molecular weight excluding hydrogens is 248 g/mol. The first-order valence-electron chi connectivity index (χ1n) is 5.83. The van der Waals surface area contributed by atoms with Crippen LogP contribution in [-0.4, -0.2) is 15.0 Å². The normalized spacial score (nSPS) is 11.1. The molecule has 3 rings (SSSR count). The molecule has 0 aromatic carbocycles. The number of pyridine rings is 1. The summed E-state index contributed by atoms with van der Waals surface area (Å²) in [5.41, 5.74) is 1.41. The second kappa shape index (κ2) is 4.68. The Hall–Kier alpha value is -2.43. The minimum Gasteiger partial charge on any atom is -0.364 e. The highest BCUT2D eigenvalue weighted by atomic mass is 19.1. The van der Waals surface area contributed by atoms with E-state index in [0.717, 1.165) is 12.4 Å². The summed E-state index contributed by atoms with van der Waals surface area (Å²) in [6.45, 7) is 0. The smallest absolute Gasteiger partial charge is 0.148 e. The summed E-state index contributed by atoms with van der Waals surface area (Å²) in [4.78, 5) is 9.53. The summed E-state index contributed by atoms with van der Waals surface area (Å²) in [6, 6.07) is 7.18. The summed E-state index contributed by atoms with van der Waals surface area (Å²) < 4.78 is 27.9. The molecule has 3 aromatic rings. The van der Waals surface area contributed by atoms with E-state index >= 15 is 0 Å². The molecule has 0 aliphatic rings. The van der Waals surface area contributed by atoms with Crippen LogP contribution in [0.4, 0.5) is 8.78 Å². The van der Waals surface area contributed by atoms with Crippen molar-refractivity contribution in [3.8, 4) is 0 Å². The van der Waals surface area contributed by atoms with E-state index in [-0.39, 0.29) is 5.56 Å². The maximum absolute atomic E-state index is 14.0. The van der Waals surface area contributed by atoms with E-state index in [0.29, 0.717) is 11.4 Å². The third-order valence-corrected chi connectivity index (χ3v) is 3.05. The van der Waals surface area contributed by atoms with Gasteiger partial charge >= 0.3 is 0 Å². The largest absolute Gasteiger partial charge is 0.364 e. The van der Waals surface area contributed by atoms with Crippen LogP contribution in [0, 0.1) is 11.6 Å². The number of halogens is 2. The molecule has 3 nitrogen and oxygen atoms in total. The van der Waals surface area contributed by atoms with Crippen LogP contribution in [-0.2, 0) is 0 Å². The molecule has 0 aliphatic carbocycles. The van der Waals surface area contributed by atoms with Crippen molar-refractivity contribution in [1.82, 2.24) is 15.0 Å². The summed E-state index contributed by atoms with van der Waals surface area (Å²) in [6.07, 6.45) is 5.50. The highest BCUT2D eigenvalue weighted by molar-refractivity contribution is 5.38. The molecule has 0 saturated carbocycles. The van der Waals surface area contributed by atoms with Crippen LogP contribution in [0.15, 0.2) is 49.1 Å². The first-order chi connectivity index (χ1) is 9.27. The number of hydrogen-bond acceptors (Lipinski definition) is 1. The van der Waals surface area contributed by atoms with Gasteiger partial charge in [-0.3, -0.25) is 4.98 Å². The van der Waals surface area contributed by atoms with Crippen LogP contribution in [0.5, 0.6) is 0 Å². The van der Waals surface area contributed by atoms with Gasteiger partial charge in [-0.15, -0.1) is 0 Å². The summed E-state index contributed by atoms with van der Waals surface area (Å²) in [5.74, 6) is -1.86. The van der Waals surface area contributed by atoms with E-state index < -0.39 is 17.6 Å². The standard InChI is InChI=1S/C14H11F2N3/c15-9-7-17-8-10(16)13(9)14(11-3-1-5-18-11)12-4-2-6-19-12/h1-8,14,18-19H. The molecule has 19 heavy (non-hydrogen) atoms. The highest BCUT2D eigenvalue weighted by Gasteiger charge is 2.25. The number of nitrogens with one attached hydrogen (secondary N) is 2. The Morgan fingerprint density at radius 2 is 1.42 bits per heavy atom. The lowest BCUT2D eigenvalue weighted by Gasteiger charge is -2.16. The molecule has 0 fully saturated rings. The van der Waals surface area contributed by atoms with Gasteiger partial charge in [0.2, 0.25) is 0 Å². The van der Waals surface area contributed by atoms with Crippen LogP contribution < -0.4 is 0 Å². The summed E-state index contributed by atoms with van der Waals surface area (Å²) >= 11 is 0. The average Bonchev–Trinajstić information content (AvgIpc) is 3.07. The van der Waals surface area contributed by atoms with Crippen LogP contribution >= 0.6 is 0 Å². The van der Waals surface area contributed by atoms with Gasteiger partial charge in [-0.2, -0.15) is 0 Å². The Kier molecular flexibility index (Phi) is 2.87. The lowest BCUT2D eigenvalue weighted by atomic mass is 9.92. The van der Waals surface area contributed by atoms with Crippen LogP contribution in [0.2, 0.25) is 0 Å². The number of aromatic amines is 2. The molecule has 2 N–H and O–H groups in total. The van der Waals surface area contributed by atoms with Crippen molar-refractivity contribution < 1.29 is 8.78 Å². The molecule has 0 unspecified atom stereocenters. The second-order valence-electron chi connectivity index (χ2n) is 4.20. The van der Waals surface area contributed by atoms with E-state index in [1.165, 1.54) is 0 Å². The lowest BCUT2D eigenvalue weighted by molar-refractivity contribution is 0.539. The van der Waals surface area contributed by atoms with E-state index in [2.05, 4.69) is 15.0 Å². The maximum atomic E-state index is 14.0. The monoisotopic (exact) mass is 259 g/mol. The molecule has 0 aliphatic heterocycles. The predicted molar refractivity (Wildman–Crippen MR) is 66.7 cm³/mol. The average molecular weight is 259 g/mol.